The molecular formula is C14H19ClN2OS. The lowest BCUT2D eigenvalue weighted by Crippen LogP contribution is -2.45. The van der Waals surface area contributed by atoms with Crippen LogP contribution in [0.5, 0.6) is 0 Å². The smallest absolute Gasteiger partial charge is 0.261 e. The summed E-state index contributed by atoms with van der Waals surface area (Å²) in [7, 11) is 0. The fourth-order valence-corrected chi connectivity index (χ4v) is 3.88. The second-order valence-corrected chi connectivity index (χ2v) is 7.24. The summed E-state index contributed by atoms with van der Waals surface area (Å²) in [5, 5.41) is 6.65. The van der Waals surface area contributed by atoms with Gasteiger partial charge < -0.3 is 10.6 Å². The minimum Gasteiger partial charge on any atom is -0.348 e. The van der Waals surface area contributed by atoms with Crippen LogP contribution in [0.3, 0.4) is 0 Å². The van der Waals surface area contributed by atoms with Crippen molar-refractivity contribution >= 4 is 28.8 Å². The second-order valence-electron chi connectivity index (χ2n) is 5.53. The molecule has 2 aliphatic rings. The highest BCUT2D eigenvalue weighted by Crippen LogP contribution is 2.38. The second kappa shape index (κ2) is 5.81. The van der Waals surface area contributed by atoms with Gasteiger partial charge in [-0.2, -0.15) is 0 Å². The summed E-state index contributed by atoms with van der Waals surface area (Å²) in [6, 6.07) is 3.96. The number of hydrogen-bond acceptors (Lipinski definition) is 3. The quantitative estimate of drug-likeness (QED) is 0.897. The third kappa shape index (κ3) is 3.30. The zero-order valence-electron chi connectivity index (χ0n) is 10.8. The number of halogens is 1. The zero-order chi connectivity index (χ0) is 13.2. The Balaban J connectivity index is 1.65. The topological polar surface area (TPSA) is 41.1 Å². The number of carbonyl (C=O) groups is 1. The molecule has 1 aliphatic carbocycles. The molecule has 3 nitrogen and oxygen atoms in total. The molecule has 0 unspecified atom stereocenters. The van der Waals surface area contributed by atoms with Gasteiger partial charge in [0.05, 0.1) is 9.21 Å². The van der Waals surface area contributed by atoms with Gasteiger partial charge in [0.2, 0.25) is 0 Å². The molecule has 2 heterocycles. The van der Waals surface area contributed by atoms with E-state index in [-0.39, 0.29) is 5.91 Å². The van der Waals surface area contributed by atoms with Gasteiger partial charge in [-0.25, -0.2) is 0 Å². The molecule has 1 atom stereocenters. The van der Waals surface area contributed by atoms with Crippen molar-refractivity contribution in [3.63, 3.8) is 0 Å². The number of rotatable bonds is 4. The molecule has 3 rings (SSSR count). The fourth-order valence-electron chi connectivity index (χ4n) is 2.94. The van der Waals surface area contributed by atoms with Gasteiger partial charge in [-0.1, -0.05) is 11.6 Å². The first-order valence-electron chi connectivity index (χ1n) is 7.01. The van der Waals surface area contributed by atoms with Crippen molar-refractivity contribution in [3.05, 3.63) is 21.3 Å². The highest BCUT2D eigenvalue weighted by molar-refractivity contribution is 7.17. The molecule has 0 spiro atoms. The van der Waals surface area contributed by atoms with E-state index in [1.165, 1.54) is 37.0 Å². The van der Waals surface area contributed by atoms with Crippen molar-refractivity contribution in [1.29, 1.82) is 0 Å². The van der Waals surface area contributed by atoms with E-state index in [1.54, 1.807) is 6.07 Å². The number of nitrogens with one attached hydrogen (secondary N) is 2. The van der Waals surface area contributed by atoms with Gasteiger partial charge in [0.15, 0.2) is 0 Å². The Labute approximate surface area is 122 Å². The number of amides is 1. The van der Waals surface area contributed by atoms with Crippen molar-refractivity contribution in [1.82, 2.24) is 10.6 Å². The average Bonchev–Trinajstić information content (AvgIpc) is 3.18. The molecular weight excluding hydrogens is 280 g/mol. The average molecular weight is 299 g/mol. The van der Waals surface area contributed by atoms with E-state index in [1.807, 2.05) is 6.07 Å². The summed E-state index contributed by atoms with van der Waals surface area (Å²) < 4.78 is 0.676. The molecule has 2 fully saturated rings. The summed E-state index contributed by atoms with van der Waals surface area (Å²) in [4.78, 5) is 13.0. The molecule has 1 aliphatic heterocycles. The first kappa shape index (κ1) is 13.4. The predicted molar refractivity (Wildman–Crippen MR) is 78.9 cm³/mol. The van der Waals surface area contributed by atoms with E-state index in [0.717, 1.165) is 18.0 Å². The summed E-state index contributed by atoms with van der Waals surface area (Å²) in [5.74, 6) is 1.38. The third-order valence-electron chi connectivity index (χ3n) is 4.12. The molecule has 19 heavy (non-hydrogen) atoms. The molecule has 1 saturated heterocycles. The van der Waals surface area contributed by atoms with Crippen LogP contribution in [0.15, 0.2) is 12.1 Å². The molecule has 2 N–H and O–H groups in total. The Hall–Kier alpha value is -0.580. The van der Waals surface area contributed by atoms with Crippen LogP contribution in [-0.4, -0.2) is 25.0 Å². The maximum absolute atomic E-state index is 12.3. The lowest BCUT2D eigenvalue weighted by molar-refractivity contribution is 0.0909. The molecule has 0 bridgehead atoms. The van der Waals surface area contributed by atoms with Crippen LogP contribution in [0, 0.1) is 11.8 Å². The maximum atomic E-state index is 12.3. The SMILES string of the molecule is O=C(N[C@@H](C1CCNCC1)C1CC1)c1ccc(Cl)s1. The van der Waals surface area contributed by atoms with Crippen molar-refractivity contribution in [2.45, 2.75) is 31.7 Å². The van der Waals surface area contributed by atoms with E-state index >= 15 is 0 Å². The number of hydrogen-bond donors (Lipinski definition) is 2. The monoisotopic (exact) mass is 298 g/mol. The summed E-state index contributed by atoms with van der Waals surface area (Å²) in [6.07, 6.45) is 4.87. The zero-order valence-corrected chi connectivity index (χ0v) is 12.4. The lowest BCUT2D eigenvalue weighted by Gasteiger charge is -2.31. The molecule has 104 valence electrons. The van der Waals surface area contributed by atoms with Crippen molar-refractivity contribution in [2.75, 3.05) is 13.1 Å². The Morgan fingerprint density at radius 3 is 2.53 bits per heavy atom. The highest BCUT2D eigenvalue weighted by Gasteiger charge is 2.38. The molecule has 5 heteroatoms. The minimum atomic E-state index is 0.0485. The molecule has 0 aromatic carbocycles. The Kier molecular flexibility index (Phi) is 4.10. The summed E-state index contributed by atoms with van der Waals surface area (Å²) >= 11 is 7.25. The van der Waals surface area contributed by atoms with Gasteiger partial charge in [0.25, 0.3) is 5.91 Å². The van der Waals surface area contributed by atoms with Gasteiger partial charge in [-0.15, -0.1) is 11.3 Å². The van der Waals surface area contributed by atoms with Crippen molar-refractivity contribution in [3.8, 4) is 0 Å². The fraction of sp³-hybridized carbons (Fsp3) is 0.643. The van der Waals surface area contributed by atoms with Crippen LogP contribution in [0.4, 0.5) is 0 Å². The molecule has 1 saturated carbocycles. The van der Waals surface area contributed by atoms with E-state index in [9.17, 15) is 4.79 Å². The molecule has 1 amide bonds. The van der Waals surface area contributed by atoms with Crippen LogP contribution >= 0.6 is 22.9 Å². The number of thiophene rings is 1. The van der Waals surface area contributed by atoms with E-state index < -0.39 is 0 Å². The van der Waals surface area contributed by atoms with Crippen LogP contribution in [-0.2, 0) is 0 Å². The predicted octanol–water partition coefficient (Wildman–Crippen LogP) is 2.91. The number of piperidine rings is 1. The first-order valence-corrected chi connectivity index (χ1v) is 8.20. The van der Waals surface area contributed by atoms with Gasteiger partial charge in [0.1, 0.15) is 0 Å². The lowest BCUT2D eigenvalue weighted by atomic mass is 9.87. The largest absolute Gasteiger partial charge is 0.348 e. The number of carbonyl (C=O) groups excluding carboxylic acids is 1. The van der Waals surface area contributed by atoms with Gasteiger partial charge >= 0.3 is 0 Å². The van der Waals surface area contributed by atoms with Crippen LogP contribution in [0.2, 0.25) is 4.34 Å². The van der Waals surface area contributed by atoms with E-state index in [2.05, 4.69) is 10.6 Å². The van der Waals surface area contributed by atoms with Crippen molar-refractivity contribution < 1.29 is 4.79 Å². The van der Waals surface area contributed by atoms with Crippen LogP contribution < -0.4 is 10.6 Å². The first-order chi connectivity index (χ1) is 9.24. The molecule has 0 radical (unpaired) electrons. The van der Waals surface area contributed by atoms with E-state index in [0.29, 0.717) is 22.2 Å². The summed E-state index contributed by atoms with van der Waals surface area (Å²) in [6.45, 7) is 2.16. The highest BCUT2D eigenvalue weighted by atomic mass is 35.5. The Bertz CT molecular complexity index is 452. The Morgan fingerprint density at radius 2 is 1.95 bits per heavy atom. The van der Waals surface area contributed by atoms with Crippen LogP contribution in [0.25, 0.3) is 0 Å². The Morgan fingerprint density at radius 1 is 1.26 bits per heavy atom. The third-order valence-corrected chi connectivity index (χ3v) is 5.35. The van der Waals surface area contributed by atoms with Crippen LogP contribution in [0.1, 0.15) is 35.4 Å². The standard InChI is InChI=1S/C14H19ClN2OS/c15-12-4-3-11(19-12)14(18)17-13(9-1-2-9)10-5-7-16-8-6-10/h3-4,9-10,13,16H,1-2,5-8H2,(H,17,18)/t13-/m1/s1. The molecule has 1 aromatic rings. The minimum absolute atomic E-state index is 0.0485. The normalized spacial score (nSPS) is 22.2. The van der Waals surface area contributed by atoms with Gasteiger partial charge in [-0.05, 0) is 62.7 Å². The summed E-state index contributed by atoms with van der Waals surface area (Å²) in [5.41, 5.74) is 0. The van der Waals surface area contributed by atoms with E-state index in [4.69, 9.17) is 11.6 Å². The van der Waals surface area contributed by atoms with Gasteiger partial charge in [-0.3, -0.25) is 4.79 Å². The van der Waals surface area contributed by atoms with Gasteiger partial charge in [0, 0.05) is 6.04 Å². The molecule has 1 aromatic heterocycles. The van der Waals surface area contributed by atoms with Crippen molar-refractivity contribution in [2.24, 2.45) is 11.8 Å². The maximum Gasteiger partial charge on any atom is 0.261 e.